The molecule has 0 atom stereocenters. The van der Waals surface area contributed by atoms with E-state index in [0.717, 1.165) is 5.01 Å². The van der Waals surface area contributed by atoms with Gasteiger partial charge in [0.05, 0.1) is 21.3 Å². The Morgan fingerprint density at radius 1 is 1.03 bits per heavy atom. The summed E-state index contributed by atoms with van der Waals surface area (Å²) in [6.45, 7) is 0. The molecule has 0 spiro atoms. The van der Waals surface area contributed by atoms with Crippen molar-refractivity contribution in [1.29, 1.82) is 0 Å². The molecule has 30 heavy (non-hydrogen) atoms. The average Bonchev–Trinajstić information content (AvgIpc) is 3.30. The minimum Gasteiger partial charge on any atom is -0.478 e. The Hall–Kier alpha value is -3.55. The molecule has 7 nitrogen and oxygen atoms in total. The van der Waals surface area contributed by atoms with Gasteiger partial charge in [0.2, 0.25) is 0 Å². The molecule has 0 bridgehead atoms. The van der Waals surface area contributed by atoms with E-state index in [-0.39, 0.29) is 21.9 Å². The summed E-state index contributed by atoms with van der Waals surface area (Å²) >= 11 is 11.9. The largest absolute Gasteiger partial charge is 0.478 e. The fourth-order valence-corrected chi connectivity index (χ4v) is 3.19. The third kappa shape index (κ3) is 3.68. The van der Waals surface area contributed by atoms with Gasteiger partial charge in [-0.15, -0.1) is 0 Å². The van der Waals surface area contributed by atoms with E-state index in [1.807, 2.05) is 0 Å². The monoisotopic (exact) mass is 442 g/mol. The first-order valence-electron chi connectivity index (χ1n) is 8.59. The summed E-state index contributed by atoms with van der Waals surface area (Å²) in [6.07, 6.45) is 1.32. The van der Waals surface area contributed by atoms with Crippen LogP contribution in [-0.4, -0.2) is 22.9 Å². The van der Waals surface area contributed by atoms with Gasteiger partial charge in [-0.3, -0.25) is 15.0 Å². The number of rotatable bonds is 4. The Balaban J connectivity index is 1.62. The number of benzene rings is 2. The van der Waals surface area contributed by atoms with Crippen LogP contribution in [0.25, 0.3) is 17.4 Å². The summed E-state index contributed by atoms with van der Waals surface area (Å²) in [4.78, 5) is 36.2. The molecule has 2 N–H and O–H groups in total. The molecule has 1 fully saturated rings. The minimum absolute atomic E-state index is 0.117. The molecule has 2 heterocycles. The van der Waals surface area contributed by atoms with Gasteiger partial charge >= 0.3 is 5.97 Å². The highest BCUT2D eigenvalue weighted by atomic mass is 35.5. The van der Waals surface area contributed by atoms with E-state index in [1.165, 1.54) is 30.3 Å². The van der Waals surface area contributed by atoms with Gasteiger partial charge in [-0.05, 0) is 48.5 Å². The van der Waals surface area contributed by atoms with Crippen LogP contribution in [0.5, 0.6) is 0 Å². The van der Waals surface area contributed by atoms with E-state index in [0.29, 0.717) is 22.0 Å². The number of amides is 2. The van der Waals surface area contributed by atoms with E-state index in [4.69, 9.17) is 32.7 Å². The van der Waals surface area contributed by atoms with Gasteiger partial charge in [0.25, 0.3) is 11.8 Å². The first-order valence-corrected chi connectivity index (χ1v) is 9.35. The number of halogens is 2. The van der Waals surface area contributed by atoms with Gasteiger partial charge < -0.3 is 9.52 Å². The lowest BCUT2D eigenvalue weighted by molar-refractivity contribution is -0.117. The Kier molecular flexibility index (Phi) is 5.07. The molecule has 1 aliphatic rings. The average molecular weight is 443 g/mol. The summed E-state index contributed by atoms with van der Waals surface area (Å²) in [5.41, 5.74) is 3.37. The fourth-order valence-electron chi connectivity index (χ4n) is 2.90. The number of nitrogens with zero attached hydrogens (tertiary/aromatic N) is 1. The molecule has 0 aliphatic carbocycles. The molecule has 1 aromatic heterocycles. The Morgan fingerprint density at radius 3 is 2.57 bits per heavy atom. The van der Waals surface area contributed by atoms with Crippen LogP contribution >= 0.6 is 23.2 Å². The van der Waals surface area contributed by atoms with Crippen molar-refractivity contribution < 1.29 is 23.9 Å². The van der Waals surface area contributed by atoms with Crippen molar-refractivity contribution in [2.24, 2.45) is 0 Å². The van der Waals surface area contributed by atoms with E-state index in [1.54, 1.807) is 30.3 Å². The van der Waals surface area contributed by atoms with Gasteiger partial charge in [0.1, 0.15) is 17.1 Å². The molecular formula is C21H12Cl2N2O5. The molecule has 1 aliphatic heterocycles. The third-order valence-corrected chi connectivity index (χ3v) is 5.10. The smallest absolute Gasteiger partial charge is 0.335 e. The Morgan fingerprint density at radius 2 is 1.83 bits per heavy atom. The van der Waals surface area contributed by atoms with Crippen LogP contribution in [0, 0.1) is 0 Å². The molecule has 0 unspecified atom stereocenters. The first kappa shape index (κ1) is 19.8. The predicted octanol–water partition coefficient (Wildman–Crippen LogP) is 4.41. The normalized spacial score (nSPS) is 15.0. The minimum atomic E-state index is -1.05. The SMILES string of the molecule is O=C1NN(c2ccc(Cl)c(Cl)c2)C(=O)C1=Cc1ccc(-c2cccc(C(=O)O)c2)o1. The maximum absolute atomic E-state index is 12.7. The molecule has 4 rings (SSSR count). The summed E-state index contributed by atoms with van der Waals surface area (Å²) in [7, 11) is 0. The van der Waals surface area contributed by atoms with Gasteiger partial charge in [0.15, 0.2) is 0 Å². The fraction of sp³-hybridized carbons (Fsp3) is 0. The van der Waals surface area contributed by atoms with Crippen molar-refractivity contribution in [3.63, 3.8) is 0 Å². The number of carboxylic acids is 1. The number of hydrogen-bond acceptors (Lipinski definition) is 4. The number of carbonyl (C=O) groups is 3. The third-order valence-electron chi connectivity index (χ3n) is 4.36. The number of furan rings is 1. The lowest BCUT2D eigenvalue weighted by atomic mass is 10.1. The number of hydrazine groups is 1. The van der Waals surface area contributed by atoms with Crippen molar-refractivity contribution in [3.8, 4) is 11.3 Å². The maximum Gasteiger partial charge on any atom is 0.335 e. The zero-order valence-electron chi connectivity index (χ0n) is 15.1. The van der Waals surface area contributed by atoms with Crippen LogP contribution < -0.4 is 10.4 Å². The number of hydrogen-bond donors (Lipinski definition) is 2. The van der Waals surface area contributed by atoms with E-state index in [2.05, 4.69) is 5.43 Å². The molecule has 3 aromatic rings. The molecule has 2 amide bonds. The second-order valence-corrected chi connectivity index (χ2v) is 7.14. The van der Waals surface area contributed by atoms with Crippen molar-refractivity contribution in [2.75, 3.05) is 5.01 Å². The van der Waals surface area contributed by atoms with Crippen molar-refractivity contribution in [2.45, 2.75) is 0 Å². The highest BCUT2D eigenvalue weighted by Crippen LogP contribution is 2.30. The van der Waals surface area contributed by atoms with Gasteiger partial charge in [-0.25, -0.2) is 9.80 Å². The quantitative estimate of drug-likeness (QED) is 0.460. The van der Waals surface area contributed by atoms with Gasteiger partial charge in [-0.1, -0.05) is 35.3 Å². The number of carboxylic acid groups (broad SMARTS) is 1. The van der Waals surface area contributed by atoms with Crippen LogP contribution in [0.3, 0.4) is 0 Å². The lowest BCUT2D eigenvalue weighted by Gasteiger charge is -2.15. The number of aromatic carboxylic acids is 1. The van der Waals surface area contributed by atoms with Crippen molar-refractivity contribution in [1.82, 2.24) is 5.43 Å². The zero-order chi connectivity index (χ0) is 21.4. The standard InChI is InChI=1S/C21H12Cl2N2O5/c22-16-6-4-13(9-17(16)23)25-20(27)15(19(26)24-25)10-14-5-7-18(30-14)11-2-1-3-12(8-11)21(28)29/h1-10H,(H,24,26)(H,28,29). The maximum atomic E-state index is 12.7. The van der Waals surface area contributed by atoms with Crippen molar-refractivity contribution in [3.05, 3.63) is 81.5 Å². The topological polar surface area (TPSA) is 99.9 Å². The summed E-state index contributed by atoms with van der Waals surface area (Å²) in [6, 6.07) is 14.0. The molecule has 0 radical (unpaired) electrons. The summed E-state index contributed by atoms with van der Waals surface area (Å²) in [5, 5.41) is 10.8. The highest BCUT2D eigenvalue weighted by molar-refractivity contribution is 6.42. The second-order valence-electron chi connectivity index (χ2n) is 6.33. The van der Waals surface area contributed by atoms with Gasteiger partial charge in [0, 0.05) is 5.56 Å². The molecule has 2 aromatic carbocycles. The van der Waals surface area contributed by atoms with Crippen LogP contribution in [0.2, 0.25) is 10.0 Å². The second kappa shape index (κ2) is 7.70. The highest BCUT2D eigenvalue weighted by Gasteiger charge is 2.35. The summed E-state index contributed by atoms with van der Waals surface area (Å²) < 4.78 is 5.68. The van der Waals surface area contributed by atoms with E-state index >= 15 is 0 Å². The number of anilines is 1. The van der Waals surface area contributed by atoms with E-state index in [9.17, 15) is 14.4 Å². The number of carbonyl (C=O) groups excluding carboxylic acids is 2. The van der Waals surface area contributed by atoms with Crippen LogP contribution in [0.4, 0.5) is 5.69 Å². The van der Waals surface area contributed by atoms with Crippen LogP contribution in [0.15, 0.2) is 64.6 Å². The Labute approximate surface area is 180 Å². The first-order chi connectivity index (χ1) is 14.3. The van der Waals surface area contributed by atoms with Gasteiger partial charge in [-0.2, -0.15) is 0 Å². The van der Waals surface area contributed by atoms with Crippen molar-refractivity contribution >= 4 is 52.7 Å². The zero-order valence-corrected chi connectivity index (χ0v) is 16.6. The predicted molar refractivity (Wildman–Crippen MR) is 111 cm³/mol. The molecule has 0 saturated carbocycles. The van der Waals surface area contributed by atoms with Crippen LogP contribution in [-0.2, 0) is 9.59 Å². The Bertz CT molecular complexity index is 1230. The van der Waals surface area contributed by atoms with E-state index < -0.39 is 17.8 Å². The lowest BCUT2D eigenvalue weighted by Crippen LogP contribution is -2.35. The molecule has 1 saturated heterocycles. The molecule has 9 heteroatoms. The van der Waals surface area contributed by atoms with Crippen LogP contribution in [0.1, 0.15) is 16.1 Å². The summed E-state index contributed by atoms with van der Waals surface area (Å²) in [5.74, 6) is -1.57. The molecular weight excluding hydrogens is 431 g/mol. The number of nitrogens with one attached hydrogen (secondary N) is 1. The molecule has 150 valence electrons.